The third kappa shape index (κ3) is 2.72. The van der Waals surface area contributed by atoms with Gasteiger partial charge in [0.15, 0.2) is 5.16 Å². The quantitative estimate of drug-likeness (QED) is 0.403. The molecule has 4 rings (SSSR count). The molecule has 2 aromatic rings. The Morgan fingerprint density at radius 1 is 1.25 bits per heavy atom. The van der Waals surface area contributed by atoms with Gasteiger partial charge in [0.25, 0.3) is 0 Å². The number of hydrogen-bond acceptors (Lipinski definition) is 5. The van der Waals surface area contributed by atoms with Crippen molar-refractivity contribution >= 4 is 35.1 Å². The fourth-order valence-corrected chi connectivity index (χ4v) is 5.07. The molecule has 0 aromatic carbocycles. The van der Waals surface area contributed by atoms with Crippen LogP contribution in [0.5, 0.6) is 0 Å². The van der Waals surface area contributed by atoms with E-state index in [2.05, 4.69) is 24.7 Å². The molecule has 0 unspecified atom stereocenters. The van der Waals surface area contributed by atoms with Crippen molar-refractivity contribution in [2.75, 3.05) is 6.26 Å². The zero-order chi connectivity index (χ0) is 16.9. The molecular weight excluding hydrogens is 340 g/mol. The number of ether oxygens (including phenoxy) is 1. The molecule has 1 saturated carbocycles. The van der Waals surface area contributed by atoms with Gasteiger partial charge in [0.05, 0.1) is 17.6 Å². The second-order valence-corrected chi connectivity index (χ2v) is 8.63. The Hall–Kier alpha value is -0.850. The van der Waals surface area contributed by atoms with Crippen LogP contribution in [-0.2, 0) is 17.8 Å². The van der Waals surface area contributed by atoms with Crippen molar-refractivity contribution in [3.8, 4) is 0 Å². The van der Waals surface area contributed by atoms with Crippen molar-refractivity contribution in [2.45, 2.75) is 75.8 Å². The zero-order valence-electron chi connectivity index (χ0n) is 14.6. The molecule has 0 spiro atoms. The van der Waals surface area contributed by atoms with Gasteiger partial charge in [-0.15, -0.1) is 0 Å². The van der Waals surface area contributed by atoms with E-state index in [1.54, 1.807) is 11.8 Å². The molecule has 4 nitrogen and oxygen atoms in total. The fourth-order valence-electron chi connectivity index (χ4n) is 3.95. The molecule has 2 aromatic heterocycles. The minimum absolute atomic E-state index is 0.190. The van der Waals surface area contributed by atoms with E-state index in [4.69, 9.17) is 26.4 Å². The molecule has 0 saturated heterocycles. The van der Waals surface area contributed by atoms with Gasteiger partial charge in [-0.25, -0.2) is 0 Å². The molecule has 130 valence electrons. The summed E-state index contributed by atoms with van der Waals surface area (Å²) in [4.78, 5) is 4.82. The second-order valence-electron chi connectivity index (χ2n) is 7.47. The summed E-state index contributed by atoms with van der Waals surface area (Å²) in [5.74, 6) is 0.994. The van der Waals surface area contributed by atoms with E-state index >= 15 is 0 Å². The highest BCUT2D eigenvalue weighted by Crippen LogP contribution is 2.38. The Labute approximate surface area is 152 Å². The first-order valence-corrected chi connectivity index (χ1v) is 10.4. The average Bonchev–Trinajstić information content (AvgIpc) is 2.91. The third-order valence-electron chi connectivity index (χ3n) is 5.22. The van der Waals surface area contributed by atoms with Crippen molar-refractivity contribution < 1.29 is 9.15 Å². The highest BCUT2D eigenvalue weighted by molar-refractivity contribution is 7.98. The summed E-state index contributed by atoms with van der Waals surface area (Å²) >= 11 is 7.58. The van der Waals surface area contributed by atoms with E-state index in [-0.39, 0.29) is 5.60 Å². The summed E-state index contributed by atoms with van der Waals surface area (Å²) in [6.45, 7) is 4.76. The fraction of sp³-hybridized carbons (Fsp3) is 0.667. The first-order chi connectivity index (χ1) is 11.5. The van der Waals surface area contributed by atoms with Crippen molar-refractivity contribution in [2.24, 2.45) is 0 Å². The maximum atomic E-state index is 6.11. The predicted octanol–water partition coefficient (Wildman–Crippen LogP) is 5.44. The van der Waals surface area contributed by atoms with E-state index < -0.39 is 0 Å². The van der Waals surface area contributed by atoms with Gasteiger partial charge in [0, 0.05) is 18.0 Å². The van der Waals surface area contributed by atoms with E-state index in [0.29, 0.717) is 18.4 Å². The van der Waals surface area contributed by atoms with Crippen molar-refractivity contribution in [1.82, 2.24) is 9.55 Å². The van der Waals surface area contributed by atoms with Gasteiger partial charge in [-0.2, -0.15) is 4.98 Å². The minimum Gasteiger partial charge on any atom is -0.442 e. The van der Waals surface area contributed by atoms with Crippen LogP contribution in [0.4, 0.5) is 0 Å². The number of hydrogen-bond donors (Lipinski definition) is 0. The Balaban J connectivity index is 1.91. The number of rotatable bonds is 2. The highest BCUT2D eigenvalue weighted by Gasteiger charge is 2.32. The minimum atomic E-state index is -0.190. The molecule has 1 aliphatic carbocycles. The molecule has 0 amide bonds. The lowest BCUT2D eigenvalue weighted by atomic mass is 9.95. The Morgan fingerprint density at radius 2 is 2.00 bits per heavy atom. The second kappa shape index (κ2) is 6.15. The lowest BCUT2D eigenvalue weighted by Gasteiger charge is -2.29. The van der Waals surface area contributed by atoms with Crippen LogP contribution in [0.2, 0.25) is 0 Å². The summed E-state index contributed by atoms with van der Waals surface area (Å²) in [7, 11) is 0. The van der Waals surface area contributed by atoms with Gasteiger partial charge in [-0.05, 0) is 32.9 Å². The zero-order valence-corrected chi connectivity index (χ0v) is 16.2. The van der Waals surface area contributed by atoms with Crippen LogP contribution in [0, 0.1) is 4.64 Å². The molecule has 0 atom stereocenters. The van der Waals surface area contributed by atoms with Gasteiger partial charge >= 0.3 is 0 Å². The van der Waals surface area contributed by atoms with Crippen molar-refractivity contribution in [3.63, 3.8) is 0 Å². The largest absolute Gasteiger partial charge is 0.442 e. The summed E-state index contributed by atoms with van der Waals surface area (Å²) in [5.41, 5.74) is 1.60. The molecule has 2 aliphatic rings. The molecule has 1 fully saturated rings. The van der Waals surface area contributed by atoms with E-state index in [1.165, 1.54) is 32.1 Å². The van der Waals surface area contributed by atoms with Gasteiger partial charge in [0.1, 0.15) is 10.4 Å². The molecule has 1 aliphatic heterocycles. The standard InChI is InChI=1S/C18H24N2O2S2/c1-18(2)9-13-12(10-21-18)14-15(22-13)19-17(24-3)20(16(14)23)11-7-5-4-6-8-11/h11H,4-10H2,1-3H3. The van der Waals surface area contributed by atoms with Crippen LogP contribution in [0.25, 0.3) is 11.1 Å². The van der Waals surface area contributed by atoms with Crippen LogP contribution >= 0.6 is 24.0 Å². The topological polar surface area (TPSA) is 40.2 Å². The van der Waals surface area contributed by atoms with Gasteiger partial charge < -0.3 is 13.7 Å². The van der Waals surface area contributed by atoms with Gasteiger partial charge in [0.2, 0.25) is 5.71 Å². The summed E-state index contributed by atoms with van der Waals surface area (Å²) < 4.78 is 15.3. The van der Waals surface area contributed by atoms with E-state index in [1.807, 2.05) is 0 Å². The Bertz CT molecular complexity index is 832. The van der Waals surface area contributed by atoms with Crippen LogP contribution < -0.4 is 0 Å². The van der Waals surface area contributed by atoms with Crippen LogP contribution in [0.15, 0.2) is 9.57 Å². The van der Waals surface area contributed by atoms with Crippen molar-refractivity contribution in [3.05, 3.63) is 16.0 Å². The molecule has 0 radical (unpaired) electrons. The molecule has 0 N–H and O–H groups in total. The normalized spacial score (nSPS) is 21.1. The summed E-state index contributed by atoms with van der Waals surface area (Å²) in [5, 5.41) is 1.98. The third-order valence-corrected chi connectivity index (χ3v) is 6.28. The lowest BCUT2D eigenvalue weighted by molar-refractivity contribution is -0.0441. The molecule has 6 heteroatoms. The van der Waals surface area contributed by atoms with Gasteiger partial charge in [-0.1, -0.05) is 43.2 Å². The van der Waals surface area contributed by atoms with Gasteiger partial charge in [-0.3, -0.25) is 0 Å². The van der Waals surface area contributed by atoms with Crippen LogP contribution in [-0.4, -0.2) is 21.4 Å². The number of fused-ring (bicyclic) bond motifs is 3. The number of nitrogens with zero attached hydrogens (tertiary/aromatic N) is 2. The highest BCUT2D eigenvalue weighted by atomic mass is 32.2. The number of thioether (sulfide) groups is 1. The molecule has 0 bridgehead atoms. The number of furan rings is 1. The van der Waals surface area contributed by atoms with E-state index in [0.717, 1.165) is 32.9 Å². The SMILES string of the molecule is CSc1nc2oc3c(c2c(=S)n1C1CCCCC1)COC(C)(C)C3. The molecular formula is C18H24N2O2S2. The summed E-state index contributed by atoms with van der Waals surface area (Å²) in [6.07, 6.45) is 9.11. The molecule has 24 heavy (non-hydrogen) atoms. The van der Waals surface area contributed by atoms with Crippen LogP contribution in [0.1, 0.15) is 63.3 Å². The summed E-state index contributed by atoms with van der Waals surface area (Å²) in [6, 6.07) is 0.470. The predicted molar refractivity (Wildman–Crippen MR) is 99.3 cm³/mol. The average molecular weight is 365 g/mol. The maximum Gasteiger partial charge on any atom is 0.232 e. The van der Waals surface area contributed by atoms with E-state index in [9.17, 15) is 0 Å². The Kier molecular flexibility index (Phi) is 4.25. The molecule has 3 heterocycles. The smallest absolute Gasteiger partial charge is 0.232 e. The monoisotopic (exact) mass is 364 g/mol. The first-order valence-electron chi connectivity index (χ1n) is 8.75. The maximum absolute atomic E-state index is 6.11. The first kappa shape index (κ1) is 16.6. The Morgan fingerprint density at radius 3 is 2.71 bits per heavy atom. The van der Waals surface area contributed by atoms with Crippen molar-refractivity contribution in [1.29, 1.82) is 0 Å². The number of aromatic nitrogens is 2. The lowest BCUT2D eigenvalue weighted by Crippen LogP contribution is -2.31. The van der Waals surface area contributed by atoms with Crippen LogP contribution in [0.3, 0.4) is 0 Å².